The standard InChI is InChI=1S/C16H21NOS/c1-10(2)14-7-12(5-6-15(14)18-4)16-11(3)19-9-13(16)8-17/h5-7,9-10H,8,17H2,1-4H3. The van der Waals surface area contributed by atoms with Crippen molar-refractivity contribution in [1.82, 2.24) is 0 Å². The van der Waals surface area contributed by atoms with Gasteiger partial charge < -0.3 is 10.5 Å². The summed E-state index contributed by atoms with van der Waals surface area (Å²) in [6, 6.07) is 6.42. The highest BCUT2D eigenvalue weighted by Crippen LogP contribution is 2.36. The number of nitrogens with two attached hydrogens (primary N) is 1. The van der Waals surface area contributed by atoms with Crippen molar-refractivity contribution >= 4 is 11.3 Å². The Hall–Kier alpha value is -1.32. The van der Waals surface area contributed by atoms with Gasteiger partial charge in [0.15, 0.2) is 0 Å². The van der Waals surface area contributed by atoms with Crippen molar-refractivity contribution in [3.05, 3.63) is 39.6 Å². The zero-order valence-electron chi connectivity index (χ0n) is 12.0. The predicted molar refractivity (Wildman–Crippen MR) is 83.0 cm³/mol. The summed E-state index contributed by atoms with van der Waals surface area (Å²) in [7, 11) is 1.72. The van der Waals surface area contributed by atoms with Gasteiger partial charge >= 0.3 is 0 Å². The van der Waals surface area contributed by atoms with Crippen molar-refractivity contribution in [2.45, 2.75) is 33.2 Å². The molecule has 2 aromatic rings. The van der Waals surface area contributed by atoms with Crippen LogP contribution in [0.4, 0.5) is 0 Å². The summed E-state index contributed by atoms with van der Waals surface area (Å²) in [6.07, 6.45) is 0. The van der Waals surface area contributed by atoms with Crippen LogP contribution in [0.1, 0.15) is 35.8 Å². The van der Waals surface area contributed by atoms with Crippen molar-refractivity contribution in [1.29, 1.82) is 0 Å². The third-order valence-corrected chi connectivity index (χ3v) is 4.37. The zero-order chi connectivity index (χ0) is 14.0. The molecular formula is C16H21NOS. The molecule has 19 heavy (non-hydrogen) atoms. The van der Waals surface area contributed by atoms with Gasteiger partial charge in [0.25, 0.3) is 0 Å². The van der Waals surface area contributed by atoms with Gasteiger partial charge in [0, 0.05) is 11.4 Å². The predicted octanol–water partition coefficient (Wildman–Crippen LogP) is 4.31. The van der Waals surface area contributed by atoms with Gasteiger partial charge in [-0.15, -0.1) is 11.3 Å². The van der Waals surface area contributed by atoms with Gasteiger partial charge in [-0.3, -0.25) is 0 Å². The average Bonchev–Trinajstić information content (AvgIpc) is 2.79. The first-order valence-corrected chi connectivity index (χ1v) is 7.41. The molecule has 0 spiro atoms. The van der Waals surface area contributed by atoms with Crippen LogP contribution in [0, 0.1) is 6.92 Å². The highest BCUT2D eigenvalue weighted by molar-refractivity contribution is 7.10. The molecule has 0 bridgehead atoms. The second kappa shape index (κ2) is 5.76. The van der Waals surface area contributed by atoms with Crippen LogP contribution in [0.25, 0.3) is 11.1 Å². The van der Waals surface area contributed by atoms with E-state index in [1.807, 2.05) is 0 Å². The Bertz CT molecular complexity index is 572. The molecule has 0 aliphatic rings. The number of aryl methyl sites for hydroxylation is 1. The molecule has 2 N–H and O–H groups in total. The molecule has 2 nitrogen and oxygen atoms in total. The smallest absolute Gasteiger partial charge is 0.122 e. The number of ether oxygens (including phenoxy) is 1. The van der Waals surface area contributed by atoms with Gasteiger partial charge in [0.05, 0.1) is 7.11 Å². The van der Waals surface area contributed by atoms with Gasteiger partial charge in [0.2, 0.25) is 0 Å². The highest BCUT2D eigenvalue weighted by atomic mass is 32.1. The van der Waals surface area contributed by atoms with E-state index in [-0.39, 0.29) is 0 Å². The lowest BCUT2D eigenvalue weighted by atomic mass is 9.95. The molecule has 0 saturated heterocycles. The molecule has 0 aliphatic carbocycles. The molecule has 2 rings (SSSR count). The van der Waals surface area contributed by atoms with Gasteiger partial charge in [-0.25, -0.2) is 0 Å². The van der Waals surface area contributed by atoms with Crippen LogP contribution in [0.15, 0.2) is 23.6 Å². The topological polar surface area (TPSA) is 35.2 Å². The molecule has 0 aliphatic heterocycles. The average molecular weight is 275 g/mol. The maximum Gasteiger partial charge on any atom is 0.122 e. The van der Waals surface area contributed by atoms with E-state index in [0.717, 1.165) is 5.75 Å². The minimum atomic E-state index is 0.440. The number of rotatable bonds is 4. The quantitative estimate of drug-likeness (QED) is 0.902. The monoisotopic (exact) mass is 275 g/mol. The summed E-state index contributed by atoms with van der Waals surface area (Å²) in [5, 5.41) is 2.16. The molecular weight excluding hydrogens is 254 g/mol. The highest BCUT2D eigenvalue weighted by Gasteiger charge is 2.14. The largest absolute Gasteiger partial charge is 0.496 e. The third-order valence-electron chi connectivity index (χ3n) is 3.41. The van der Waals surface area contributed by atoms with Gasteiger partial charge in [-0.1, -0.05) is 19.9 Å². The summed E-state index contributed by atoms with van der Waals surface area (Å²) >= 11 is 1.76. The fourth-order valence-electron chi connectivity index (χ4n) is 2.38. The molecule has 1 heterocycles. The van der Waals surface area contributed by atoms with E-state index in [9.17, 15) is 0 Å². The van der Waals surface area contributed by atoms with Crippen LogP contribution in [0.3, 0.4) is 0 Å². The first kappa shape index (κ1) is 14.1. The van der Waals surface area contributed by atoms with Gasteiger partial charge in [-0.2, -0.15) is 0 Å². The lowest BCUT2D eigenvalue weighted by molar-refractivity contribution is 0.407. The first-order valence-electron chi connectivity index (χ1n) is 6.53. The van der Waals surface area contributed by atoms with E-state index in [0.29, 0.717) is 12.5 Å². The Morgan fingerprint density at radius 1 is 1.32 bits per heavy atom. The maximum atomic E-state index is 5.84. The summed E-state index contributed by atoms with van der Waals surface area (Å²) in [5.41, 5.74) is 10.8. The van der Waals surface area contributed by atoms with E-state index in [1.54, 1.807) is 18.4 Å². The number of hydrogen-bond donors (Lipinski definition) is 1. The third kappa shape index (κ3) is 2.67. The first-order chi connectivity index (χ1) is 9.08. The molecule has 0 unspecified atom stereocenters. The minimum absolute atomic E-state index is 0.440. The number of methoxy groups -OCH3 is 1. The number of hydrogen-bond acceptors (Lipinski definition) is 3. The number of thiophene rings is 1. The normalized spacial score (nSPS) is 11.1. The Labute approximate surface area is 119 Å². The minimum Gasteiger partial charge on any atom is -0.496 e. The van der Waals surface area contributed by atoms with E-state index in [2.05, 4.69) is 44.4 Å². The van der Waals surface area contributed by atoms with Crippen LogP contribution in [-0.4, -0.2) is 7.11 Å². The van der Waals surface area contributed by atoms with Crippen molar-refractivity contribution in [2.75, 3.05) is 7.11 Å². The van der Waals surface area contributed by atoms with E-state index < -0.39 is 0 Å². The van der Waals surface area contributed by atoms with Crippen LogP contribution >= 0.6 is 11.3 Å². The fraction of sp³-hybridized carbons (Fsp3) is 0.375. The summed E-state index contributed by atoms with van der Waals surface area (Å²) < 4.78 is 5.44. The van der Waals surface area contributed by atoms with Crippen LogP contribution < -0.4 is 10.5 Å². The Kier molecular flexibility index (Phi) is 4.27. The summed E-state index contributed by atoms with van der Waals surface area (Å²) in [5.74, 6) is 1.40. The van der Waals surface area contributed by atoms with Crippen LogP contribution in [-0.2, 0) is 6.54 Å². The lowest BCUT2D eigenvalue weighted by Gasteiger charge is -2.14. The molecule has 1 aromatic heterocycles. The number of benzene rings is 1. The van der Waals surface area contributed by atoms with Crippen molar-refractivity contribution in [3.63, 3.8) is 0 Å². The second-order valence-electron chi connectivity index (χ2n) is 5.01. The van der Waals surface area contributed by atoms with Crippen LogP contribution in [0.2, 0.25) is 0 Å². The Morgan fingerprint density at radius 3 is 2.63 bits per heavy atom. The summed E-state index contributed by atoms with van der Waals surface area (Å²) in [6.45, 7) is 7.11. The molecule has 3 heteroatoms. The lowest BCUT2D eigenvalue weighted by Crippen LogP contribution is -1.98. The second-order valence-corrected chi connectivity index (χ2v) is 6.09. The fourth-order valence-corrected chi connectivity index (χ4v) is 3.28. The molecule has 0 saturated carbocycles. The molecule has 102 valence electrons. The Balaban J connectivity index is 2.57. The van der Waals surface area contributed by atoms with Crippen molar-refractivity contribution in [3.8, 4) is 16.9 Å². The van der Waals surface area contributed by atoms with Crippen molar-refractivity contribution in [2.24, 2.45) is 5.73 Å². The van der Waals surface area contributed by atoms with Gasteiger partial charge in [-0.05, 0) is 52.6 Å². The Morgan fingerprint density at radius 2 is 2.05 bits per heavy atom. The summed E-state index contributed by atoms with van der Waals surface area (Å²) in [4.78, 5) is 1.32. The molecule has 0 atom stereocenters. The van der Waals surface area contributed by atoms with Crippen LogP contribution in [0.5, 0.6) is 5.75 Å². The molecule has 0 radical (unpaired) electrons. The molecule has 0 amide bonds. The SMILES string of the molecule is COc1ccc(-c2c(CN)csc2C)cc1C(C)C. The molecule has 1 aromatic carbocycles. The van der Waals surface area contributed by atoms with E-state index in [4.69, 9.17) is 10.5 Å². The van der Waals surface area contributed by atoms with Gasteiger partial charge in [0.1, 0.15) is 5.75 Å². The zero-order valence-corrected chi connectivity index (χ0v) is 12.8. The van der Waals surface area contributed by atoms with E-state index in [1.165, 1.54) is 27.1 Å². The molecule has 0 fully saturated rings. The van der Waals surface area contributed by atoms with Crippen molar-refractivity contribution < 1.29 is 4.74 Å². The maximum absolute atomic E-state index is 5.84. The van der Waals surface area contributed by atoms with E-state index >= 15 is 0 Å².